The van der Waals surface area contributed by atoms with Crippen LogP contribution in [0.4, 0.5) is 11.4 Å². The van der Waals surface area contributed by atoms with Crippen LogP contribution in [0.25, 0.3) is 0 Å². The minimum Gasteiger partial charge on any atom is -0.493 e. The second-order valence-electron chi connectivity index (χ2n) is 6.26. The second kappa shape index (κ2) is 8.88. The number of carbonyl (C=O) groups is 2. The highest BCUT2D eigenvalue weighted by atomic mass is 16.5. The zero-order valence-electron chi connectivity index (χ0n) is 16.4. The molecule has 148 valence electrons. The van der Waals surface area contributed by atoms with Gasteiger partial charge in [-0.25, -0.2) is 4.98 Å². The maximum absolute atomic E-state index is 12.6. The monoisotopic (exact) mass is 391 g/mol. The van der Waals surface area contributed by atoms with Crippen LogP contribution in [-0.4, -0.2) is 31.0 Å². The van der Waals surface area contributed by atoms with Gasteiger partial charge < -0.3 is 20.1 Å². The lowest BCUT2D eigenvalue weighted by atomic mass is 10.2. The summed E-state index contributed by atoms with van der Waals surface area (Å²) in [6.45, 7) is 1.94. The van der Waals surface area contributed by atoms with Crippen molar-refractivity contribution in [1.82, 2.24) is 4.98 Å². The Hall–Kier alpha value is -3.87. The van der Waals surface area contributed by atoms with Gasteiger partial charge in [-0.15, -0.1) is 0 Å². The van der Waals surface area contributed by atoms with Crippen molar-refractivity contribution in [3.05, 3.63) is 77.6 Å². The third kappa shape index (κ3) is 4.90. The van der Waals surface area contributed by atoms with E-state index in [1.54, 1.807) is 42.5 Å². The van der Waals surface area contributed by atoms with Crippen LogP contribution in [0.3, 0.4) is 0 Å². The molecular formula is C22H21N3O4. The molecule has 29 heavy (non-hydrogen) atoms. The number of ether oxygens (including phenoxy) is 2. The SMILES string of the molecule is COc1ccc(NC(=O)c2cccc(C(=O)Nc3cccc(C)c3)n2)cc1OC. The number of amides is 2. The average Bonchev–Trinajstić information content (AvgIpc) is 2.73. The van der Waals surface area contributed by atoms with Crippen molar-refractivity contribution < 1.29 is 19.1 Å². The summed E-state index contributed by atoms with van der Waals surface area (Å²) in [5.41, 5.74) is 2.47. The van der Waals surface area contributed by atoms with Crippen molar-refractivity contribution >= 4 is 23.2 Å². The average molecular weight is 391 g/mol. The van der Waals surface area contributed by atoms with E-state index in [1.807, 2.05) is 25.1 Å². The van der Waals surface area contributed by atoms with E-state index in [1.165, 1.54) is 14.2 Å². The standard InChI is InChI=1S/C22H21N3O4/c1-14-6-4-7-15(12-14)23-21(26)17-8-5-9-18(25-17)22(27)24-16-10-11-19(28-2)20(13-16)29-3/h4-13H,1-3H3,(H,23,26)(H,24,27). The molecule has 0 aliphatic carbocycles. The highest BCUT2D eigenvalue weighted by Crippen LogP contribution is 2.29. The molecule has 0 atom stereocenters. The Morgan fingerprint density at radius 1 is 0.759 bits per heavy atom. The Kier molecular flexibility index (Phi) is 6.09. The fourth-order valence-electron chi connectivity index (χ4n) is 2.71. The predicted octanol–water partition coefficient (Wildman–Crippen LogP) is 3.91. The Balaban J connectivity index is 1.74. The number of rotatable bonds is 6. The number of carbonyl (C=O) groups excluding carboxylic acids is 2. The molecule has 0 bridgehead atoms. The molecular weight excluding hydrogens is 370 g/mol. The van der Waals surface area contributed by atoms with Crippen molar-refractivity contribution in [1.29, 1.82) is 0 Å². The molecule has 1 heterocycles. The molecule has 0 saturated carbocycles. The molecule has 0 aliphatic rings. The summed E-state index contributed by atoms with van der Waals surface area (Å²) in [4.78, 5) is 29.2. The highest BCUT2D eigenvalue weighted by molar-refractivity contribution is 6.06. The van der Waals surface area contributed by atoms with Crippen molar-refractivity contribution in [2.24, 2.45) is 0 Å². The lowest BCUT2D eigenvalue weighted by molar-refractivity contribution is 0.101. The first-order chi connectivity index (χ1) is 14.0. The van der Waals surface area contributed by atoms with Gasteiger partial charge in [0.2, 0.25) is 0 Å². The fourth-order valence-corrected chi connectivity index (χ4v) is 2.71. The van der Waals surface area contributed by atoms with Gasteiger partial charge in [-0.3, -0.25) is 9.59 Å². The first-order valence-corrected chi connectivity index (χ1v) is 8.88. The van der Waals surface area contributed by atoms with Crippen molar-refractivity contribution in [2.75, 3.05) is 24.9 Å². The fraction of sp³-hybridized carbons (Fsp3) is 0.136. The van der Waals surface area contributed by atoms with Crippen LogP contribution in [-0.2, 0) is 0 Å². The van der Waals surface area contributed by atoms with Crippen LogP contribution < -0.4 is 20.1 Å². The summed E-state index contributed by atoms with van der Waals surface area (Å²) < 4.78 is 10.4. The van der Waals surface area contributed by atoms with Gasteiger partial charge in [0, 0.05) is 17.4 Å². The quantitative estimate of drug-likeness (QED) is 0.665. The normalized spacial score (nSPS) is 10.2. The molecule has 3 rings (SSSR count). The van der Waals surface area contributed by atoms with Crippen molar-refractivity contribution in [3.63, 3.8) is 0 Å². The van der Waals surface area contributed by atoms with E-state index >= 15 is 0 Å². The molecule has 0 saturated heterocycles. The summed E-state index contributed by atoms with van der Waals surface area (Å²) in [6.07, 6.45) is 0. The van der Waals surface area contributed by atoms with Gasteiger partial charge in [0.1, 0.15) is 11.4 Å². The maximum atomic E-state index is 12.6. The number of aromatic nitrogens is 1. The second-order valence-corrected chi connectivity index (χ2v) is 6.26. The Morgan fingerprint density at radius 3 is 1.93 bits per heavy atom. The van der Waals surface area contributed by atoms with Gasteiger partial charge in [-0.2, -0.15) is 0 Å². The van der Waals surface area contributed by atoms with Crippen molar-refractivity contribution in [3.8, 4) is 11.5 Å². The molecule has 2 N–H and O–H groups in total. The first-order valence-electron chi connectivity index (χ1n) is 8.88. The Morgan fingerprint density at radius 2 is 1.34 bits per heavy atom. The summed E-state index contributed by atoms with van der Waals surface area (Å²) in [5.74, 6) is 0.210. The third-order valence-corrected chi connectivity index (χ3v) is 4.13. The first kappa shape index (κ1) is 19.9. The van der Waals surface area contributed by atoms with E-state index in [-0.39, 0.29) is 11.4 Å². The lowest BCUT2D eigenvalue weighted by Gasteiger charge is -2.11. The van der Waals surface area contributed by atoms with Crippen LogP contribution in [0.2, 0.25) is 0 Å². The number of hydrogen-bond donors (Lipinski definition) is 2. The molecule has 3 aromatic rings. The number of anilines is 2. The van der Waals surface area contributed by atoms with Crippen LogP contribution in [0, 0.1) is 6.92 Å². The summed E-state index contributed by atoms with van der Waals surface area (Å²) in [6, 6.07) is 17.2. The molecule has 7 nitrogen and oxygen atoms in total. The topological polar surface area (TPSA) is 89.5 Å². The van der Waals surface area contributed by atoms with Crippen molar-refractivity contribution in [2.45, 2.75) is 6.92 Å². The van der Waals surface area contributed by atoms with Crippen LogP contribution in [0.5, 0.6) is 11.5 Å². The lowest BCUT2D eigenvalue weighted by Crippen LogP contribution is -2.18. The van der Waals surface area contributed by atoms with Gasteiger partial charge in [0.25, 0.3) is 11.8 Å². The molecule has 2 amide bonds. The van der Waals surface area contributed by atoms with Gasteiger partial charge in [0.15, 0.2) is 11.5 Å². The molecule has 0 spiro atoms. The van der Waals surface area contributed by atoms with E-state index in [0.29, 0.717) is 22.9 Å². The Bertz CT molecular complexity index is 1050. The molecule has 0 aliphatic heterocycles. The molecule has 2 aromatic carbocycles. The molecule has 0 unspecified atom stereocenters. The molecule has 7 heteroatoms. The number of pyridine rings is 1. The van der Waals surface area contributed by atoms with Crippen LogP contribution in [0.15, 0.2) is 60.7 Å². The largest absolute Gasteiger partial charge is 0.493 e. The van der Waals surface area contributed by atoms with Gasteiger partial charge in [-0.1, -0.05) is 18.2 Å². The molecule has 1 aromatic heterocycles. The summed E-state index contributed by atoms with van der Waals surface area (Å²) >= 11 is 0. The number of methoxy groups -OCH3 is 2. The predicted molar refractivity (Wildman–Crippen MR) is 111 cm³/mol. The van der Waals surface area contributed by atoms with E-state index in [4.69, 9.17) is 9.47 Å². The van der Waals surface area contributed by atoms with E-state index in [9.17, 15) is 9.59 Å². The number of nitrogens with one attached hydrogen (secondary N) is 2. The zero-order chi connectivity index (χ0) is 20.8. The van der Waals surface area contributed by atoms with E-state index in [2.05, 4.69) is 15.6 Å². The van der Waals surface area contributed by atoms with Gasteiger partial charge in [0.05, 0.1) is 14.2 Å². The number of hydrogen-bond acceptors (Lipinski definition) is 5. The zero-order valence-corrected chi connectivity index (χ0v) is 16.4. The number of benzene rings is 2. The van der Waals surface area contributed by atoms with Crippen LogP contribution in [0.1, 0.15) is 26.5 Å². The Labute approximate surface area is 168 Å². The smallest absolute Gasteiger partial charge is 0.274 e. The number of nitrogens with zero attached hydrogens (tertiary/aromatic N) is 1. The molecule has 0 radical (unpaired) electrons. The third-order valence-electron chi connectivity index (χ3n) is 4.13. The van der Waals surface area contributed by atoms with E-state index in [0.717, 1.165) is 5.56 Å². The van der Waals surface area contributed by atoms with Gasteiger partial charge >= 0.3 is 0 Å². The summed E-state index contributed by atoms with van der Waals surface area (Å²) in [7, 11) is 3.05. The molecule has 0 fully saturated rings. The van der Waals surface area contributed by atoms with E-state index < -0.39 is 11.8 Å². The maximum Gasteiger partial charge on any atom is 0.274 e. The van der Waals surface area contributed by atoms with Gasteiger partial charge in [-0.05, 0) is 48.9 Å². The number of aryl methyl sites for hydroxylation is 1. The minimum absolute atomic E-state index is 0.122. The minimum atomic E-state index is -0.442. The summed E-state index contributed by atoms with van der Waals surface area (Å²) in [5, 5.41) is 5.52. The van der Waals surface area contributed by atoms with Crippen LogP contribution >= 0.6 is 0 Å². The highest BCUT2D eigenvalue weighted by Gasteiger charge is 2.14.